The minimum Gasteiger partial charge on any atom is -0.368 e. The summed E-state index contributed by atoms with van der Waals surface area (Å²) in [7, 11) is 0.465. The zero-order valence-corrected chi connectivity index (χ0v) is 20.5. The largest absolute Gasteiger partial charge is 0.368 e. The second-order valence-electron chi connectivity index (χ2n) is 9.04. The van der Waals surface area contributed by atoms with E-state index in [0.717, 1.165) is 59.8 Å². The van der Waals surface area contributed by atoms with E-state index in [1.54, 1.807) is 6.08 Å². The van der Waals surface area contributed by atoms with Gasteiger partial charge in [-0.2, -0.15) is 5.10 Å². The molecule has 5 heterocycles. The molecule has 0 spiro atoms. The summed E-state index contributed by atoms with van der Waals surface area (Å²) < 4.78 is 1.88. The van der Waals surface area contributed by atoms with Crippen molar-refractivity contribution in [1.29, 1.82) is 0 Å². The average Bonchev–Trinajstić information content (AvgIpc) is 3.18. The van der Waals surface area contributed by atoms with E-state index in [0.29, 0.717) is 14.6 Å². The summed E-state index contributed by atoms with van der Waals surface area (Å²) in [5.41, 5.74) is 6.15. The predicted octanol–water partition coefficient (Wildman–Crippen LogP) is 3.36. The number of piperazine rings is 1. The lowest BCUT2D eigenvalue weighted by Crippen LogP contribution is -2.51. The van der Waals surface area contributed by atoms with E-state index >= 15 is 0 Å². The SMILES string of the molecule is CCN1CCN(C2=CN3C(=O)C=C(c4cc5c(C)nc(C)cn5n4)PC3C(C)=C2)C[C@H]1C. The molecule has 3 aliphatic rings. The number of hydrogen-bond acceptors (Lipinski definition) is 5. The first-order valence-corrected chi connectivity index (χ1v) is 12.5. The van der Waals surface area contributed by atoms with Crippen molar-refractivity contribution < 1.29 is 4.79 Å². The lowest BCUT2D eigenvalue weighted by Gasteiger charge is -2.43. The van der Waals surface area contributed by atoms with Crippen LogP contribution < -0.4 is 0 Å². The quantitative estimate of drug-likeness (QED) is 0.672. The molecule has 3 atom stereocenters. The number of rotatable bonds is 3. The van der Waals surface area contributed by atoms with E-state index in [1.165, 1.54) is 5.57 Å². The minimum atomic E-state index is 0.0389. The van der Waals surface area contributed by atoms with E-state index in [2.05, 4.69) is 53.9 Å². The molecule has 2 aromatic rings. The van der Waals surface area contributed by atoms with Crippen molar-refractivity contribution in [1.82, 2.24) is 29.3 Å². The zero-order valence-electron chi connectivity index (χ0n) is 19.5. The Bertz CT molecular complexity index is 1180. The number of likely N-dealkylation sites (N-methyl/N-ethyl adjacent to an activating group) is 1. The van der Waals surface area contributed by atoms with Gasteiger partial charge in [-0.25, -0.2) is 4.52 Å². The van der Waals surface area contributed by atoms with Crippen LogP contribution in [0.4, 0.5) is 0 Å². The average molecular weight is 451 g/mol. The molecule has 168 valence electrons. The van der Waals surface area contributed by atoms with Crippen molar-refractivity contribution >= 4 is 25.3 Å². The second-order valence-corrected chi connectivity index (χ2v) is 10.4. The molecule has 0 saturated carbocycles. The highest BCUT2D eigenvalue weighted by atomic mass is 31.1. The Morgan fingerprint density at radius 3 is 2.75 bits per heavy atom. The number of fused-ring (bicyclic) bond motifs is 2. The highest BCUT2D eigenvalue weighted by Gasteiger charge is 2.34. The summed E-state index contributed by atoms with van der Waals surface area (Å²) in [6.45, 7) is 14.8. The van der Waals surface area contributed by atoms with Crippen molar-refractivity contribution in [3.8, 4) is 0 Å². The fourth-order valence-corrected chi connectivity index (χ4v) is 6.41. The first-order chi connectivity index (χ1) is 15.3. The molecule has 0 N–H and O–H groups in total. The number of amides is 1. The fourth-order valence-electron chi connectivity index (χ4n) is 4.99. The normalized spacial score (nSPS) is 25.2. The van der Waals surface area contributed by atoms with Gasteiger partial charge in [0.1, 0.15) is 0 Å². The van der Waals surface area contributed by atoms with Crippen LogP contribution in [0.3, 0.4) is 0 Å². The van der Waals surface area contributed by atoms with Crippen molar-refractivity contribution in [3.05, 3.63) is 59.0 Å². The molecule has 32 heavy (non-hydrogen) atoms. The number of hydrogen-bond donors (Lipinski definition) is 0. The van der Waals surface area contributed by atoms with Crippen LogP contribution in [0.25, 0.3) is 10.8 Å². The summed E-state index contributed by atoms with van der Waals surface area (Å²) in [5, 5.41) is 5.78. The van der Waals surface area contributed by atoms with Crippen LogP contribution in [-0.4, -0.2) is 73.2 Å². The Kier molecular flexibility index (Phi) is 5.42. The van der Waals surface area contributed by atoms with Crippen molar-refractivity contribution in [2.45, 2.75) is 46.4 Å². The minimum absolute atomic E-state index is 0.0389. The van der Waals surface area contributed by atoms with Crippen LogP contribution in [0.5, 0.6) is 0 Å². The Labute approximate surface area is 191 Å². The van der Waals surface area contributed by atoms with Gasteiger partial charge >= 0.3 is 0 Å². The van der Waals surface area contributed by atoms with Crippen molar-refractivity contribution in [2.24, 2.45) is 0 Å². The van der Waals surface area contributed by atoms with Gasteiger partial charge < -0.3 is 9.80 Å². The maximum absolute atomic E-state index is 13.2. The molecular weight excluding hydrogens is 419 g/mol. The van der Waals surface area contributed by atoms with Gasteiger partial charge in [0.05, 0.1) is 40.3 Å². The number of allylic oxidation sites excluding steroid dienone is 1. The van der Waals surface area contributed by atoms with Crippen LogP contribution in [0.15, 0.2) is 41.9 Å². The van der Waals surface area contributed by atoms with Crippen LogP contribution in [0.2, 0.25) is 0 Å². The van der Waals surface area contributed by atoms with Gasteiger partial charge in [0.15, 0.2) is 0 Å². The fraction of sp³-hybridized carbons (Fsp3) is 0.458. The summed E-state index contributed by atoms with van der Waals surface area (Å²) in [6, 6.07) is 2.57. The standard InChI is InChI=1S/C24H31N6OP/c1-6-27-7-8-28(13-17(27)4)19-9-15(2)24-29(14-19)23(31)11-22(32-24)20-10-21-18(5)25-16(3)12-30(21)26-20/h9-12,14,17,24,32H,6-8,13H2,1-5H3/t17-,24?/m1/s1. The monoisotopic (exact) mass is 450 g/mol. The van der Waals surface area contributed by atoms with Gasteiger partial charge in [-0.1, -0.05) is 15.5 Å². The van der Waals surface area contributed by atoms with Crippen LogP contribution in [0, 0.1) is 13.8 Å². The number of carbonyl (C=O) groups excluding carboxylic acids is 1. The first-order valence-electron chi connectivity index (χ1n) is 11.4. The van der Waals surface area contributed by atoms with E-state index in [-0.39, 0.29) is 11.7 Å². The van der Waals surface area contributed by atoms with Crippen molar-refractivity contribution in [2.75, 3.05) is 26.2 Å². The maximum atomic E-state index is 13.2. The molecule has 2 aromatic heterocycles. The van der Waals surface area contributed by atoms with Gasteiger partial charge in [0.25, 0.3) is 5.91 Å². The van der Waals surface area contributed by atoms with Gasteiger partial charge in [-0.05, 0) is 52.0 Å². The predicted molar refractivity (Wildman–Crippen MR) is 130 cm³/mol. The maximum Gasteiger partial charge on any atom is 0.252 e. The molecule has 0 aliphatic carbocycles. The van der Waals surface area contributed by atoms with Crippen LogP contribution in [0.1, 0.15) is 37.9 Å². The summed E-state index contributed by atoms with van der Waals surface area (Å²) in [6.07, 6.45) is 8.05. The summed E-state index contributed by atoms with van der Waals surface area (Å²) >= 11 is 0. The topological polar surface area (TPSA) is 57.0 Å². The third-order valence-corrected chi connectivity index (χ3v) is 8.46. The number of aryl methyl sites for hydroxylation is 2. The zero-order chi connectivity index (χ0) is 22.6. The molecule has 5 rings (SSSR count). The molecule has 1 fully saturated rings. The number of aromatic nitrogens is 3. The molecule has 0 aromatic carbocycles. The Hall–Kier alpha value is -2.50. The molecule has 1 amide bonds. The van der Waals surface area contributed by atoms with E-state index < -0.39 is 0 Å². The van der Waals surface area contributed by atoms with Gasteiger partial charge in [-0.3, -0.25) is 14.7 Å². The van der Waals surface area contributed by atoms with Gasteiger partial charge in [0, 0.05) is 43.3 Å². The van der Waals surface area contributed by atoms with Crippen LogP contribution in [-0.2, 0) is 4.79 Å². The molecule has 0 bridgehead atoms. The molecule has 2 unspecified atom stereocenters. The summed E-state index contributed by atoms with van der Waals surface area (Å²) in [4.78, 5) is 24.6. The molecule has 1 saturated heterocycles. The molecule has 7 nitrogen and oxygen atoms in total. The van der Waals surface area contributed by atoms with Gasteiger partial charge in [0.2, 0.25) is 0 Å². The first kappa shape index (κ1) is 21.4. The summed E-state index contributed by atoms with van der Waals surface area (Å²) in [5.74, 6) is 0.114. The highest BCUT2D eigenvalue weighted by Crippen LogP contribution is 2.47. The third-order valence-electron chi connectivity index (χ3n) is 6.74. The molecular formula is C24H31N6OP. The Morgan fingerprint density at radius 2 is 2.00 bits per heavy atom. The van der Waals surface area contributed by atoms with Gasteiger partial charge in [-0.15, -0.1) is 0 Å². The number of nitrogens with zero attached hydrogens (tertiary/aromatic N) is 6. The Balaban J connectivity index is 1.42. The molecule has 0 radical (unpaired) electrons. The Morgan fingerprint density at radius 1 is 1.19 bits per heavy atom. The lowest BCUT2D eigenvalue weighted by atomic mass is 10.1. The lowest BCUT2D eigenvalue weighted by molar-refractivity contribution is -0.124. The van der Waals surface area contributed by atoms with E-state index in [9.17, 15) is 4.79 Å². The highest BCUT2D eigenvalue weighted by molar-refractivity contribution is 7.51. The second kappa shape index (κ2) is 8.13. The smallest absolute Gasteiger partial charge is 0.252 e. The number of carbonyl (C=O) groups is 1. The molecule has 8 heteroatoms. The third kappa shape index (κ3) is 3.67. The van der Waals surface area contributed by atoms with Crippen molar-refractivity contribution in [3.63, 3.8) is 0 Å². The van der Waals surface area contributed by atoms with E-state index in [4.69, 9.17) is 5.10 Å². The van der Waals surface area contributed by atoms with E-state index in [1.807, 2.05) is 29.5 Å². The van der Waals surface area contributed by atoms with Crippen LogP contribution >= 0.6 is 8.58 Å². The molecule has 3 aliphatic heterocycles.